The summed E-state index contributed by atoms with van der Waals surface area (Å²) < 4.78 is 38.3. The van der Waals surface area contributed by atoms with Crippen molar-refractivity contribution in [3.8, 4) is 0 Å². The zero-order chi connectivity index (χ0) is 23.1. The van der Waals surface area contributed by atoms with E-state index >= 15 is 0 Å². The number of rotatable bonds is 6. The van der Waals surface area contributed by atoms with Crippen LogP contribution >= 0.6 is 11.6 Å². The maximum absolute atomic E-state index is 13.7. The van der Waals surface area contributed by atoms with Crippen molar-refractivity contribution in [2.24, 2.45) is 5.92 Å². The molecule has 32 heavy (non-hydrogen) atoms. The second-order valence-electron chi connectivity index (χ2n) is 8.29. The quantitative estimate of drug-likeness (QED) is 0.494. The Kier molecular flexibility index (Phi) is 6.09. The molecule has 0 saturated carbocycles. The van der Waals surface area contributed by atoms with Gasteiger partial charge in [-0.25, -0.2) is 8.42 Å². The summed E-state index contributed by atoms with van der Waals surface area (Å²) in [5.41, 5.74) is 3.08. The molecule has 6 nitrogen and oxygen atoms in total. The molecular weight excluding hydrogens is 450 g/mol. The molecule has 2 unspecified atom stereocenters. The Balaban J connectivity index is 1.86. The van der Waals surface area contributed by atoms with E-state index in [1.165, 1.54) is 26.2 Å². The standard InChI is InChI=1S/C24H26ClNO5S/c1-24(23(27)31-3,32(28,29)18-7-5-4-6-8-18)16-9-11-19-20-14-17(25)10-12-21(20)26(15-30-2)22(19)13-16/h4-8,10,12,14,16H,9,11,13,15H2,1-3H3. The van der Waals surface area contributed by atoms with Crippen LogP contribution in [0.1, 0.15) is 24.6 Å². The fraction of sp³-hybridized carbons (Fsp3) is 0.375. The maximum atomic E-state index is 13.7. The predicted octanol–water partition coefficient (Wildman–Crippen LogP) is 4.41. The highest BCUT2D eigenvalue weighted by Gasteiger charge is 2.55. The Morgan fingerprint density at radius 2 is 1.91 bits per heavy atom. The summed E-state index contributed by atoms with van der Waals surface area (Å²) in [7, 11) is -1.16. The first-order chi connectivity index (χ1) is 15.3. The maximum Gasteiger partial charge on any atom is 0.327 e. The van der Waals surface area contributed by atoms with Gasteiger partial charge in [-0.15, -0.1) is 0 Å². The molecule has 0 radical (unpaired) electrons. The molecule has 0 amide bonds. The first-order valence-electron chi connectivity index (χ1n) is 10.4. The van der Waals surface area contributed by atoms with E-state index in [2.05, 4.69) is 0 Å². The molecule has 0 saturated heterocycles. The molecule has 0 spiro atoms. The number of aryl methyl sites for hydroxylation is 1. The molecule has 8 heteroatoms. The van der Waals surface area contributed by atoms with Crippen molar-refractivity contribution in [2.45, 2.75) is 42.6 Å². The predicted molar refractivity (Wildman–Crippen MR) is 124 cm³/mol. The summed E-state index contributed by atoms with van der Waals surface area (Å²) in [6.07, 6.45) is 1.57. The SMILES string of the molecule is COCn1c2c(c3cc(Cl)ccc31)CCC(C(C)(C(=O)OC)S(=O)(=O)c1ccccc1)C2. The molecular formula is C24H26ClNO5S. The molecule has 0 aliphatic heterocycles. The van der Waals surface area contributed by atoms with E-state index in [0.717, 1.165) is 22.2 Å². The van der Waals surface area contributed by atoms with Gasteiger partial charge in [-0.05, 0) is 68.0 Å². The summed E-state index contributed by atoms with van der Waals surface area (Å²) in [5, 5.41) is 1.68. The van der Waals surface area contributed by atoms with Crippen LogP contribution in [-0.2, 0) is 43.7 Å². The molecule has 0 N–H and O–H groups in total. The third-order valence-corrected chi connectivity index (χ3v) is 9.42. The highest BCUT2D eigenvalue weighted by Crippen LogP contribution is 2.43. The molecule has 2 aromatic carbocycles. The van der Waals surface area contributed by atoms with Gasteiger partial charge in [0.1, 0.15) is 6.73 Å². The van der Waals surface area contributed by atoms with Gasteiger partial charge in [0.2, 0.25) is 0 Å². The van der Waals surface area contributed by atoms with Gasteiger partial charge in [-0.1, -0.05) is 29.8 Å². The second kappa shape index (κ2) is 8.54. The Labute approximate surface area is 193 Å². The molecule has 2 atom stereocenters. The summed E-state index contributed by atoms with van der Waals surface area (Å²) in [6.45, 7) is 1.82. The number of sulfone groups is 1. The summed E-state index contributed by atoms with van der Waals surface area (Å²) in [6, 6.07) is 13.8. The third-order valence-electron chi connectivity index (χ3n) is 6.67. The topological polar surface area (TPSA) is 74.6 Å². The van der Waals surface area contributed by atoms with Crippen LogP contribution in [0.2, 0.25) is 5.02 Å². The first-order valence-corrected chi connectivity index (χ1v) is 12.3. The Morgan fingerprint density at radius 1 is 1.19 bits per heavy atom. The van der Waals surface area contributed by atoms with E-state index in [0.29, 0.717) is 31.0 Å². The molecule has 0 bridgehead atoms. The van der Waals surface area contributed by atoms with Gasteiger partial charge in [0.05, 0.1) is 17.5 Å². The molecule has 0 fully saturated rings. The lowest BCUT2D eigenvalue weighted by Crippen LogP contribution is -2.52. The van der Waals surface area contributed by atoms with Crippen LogP contribution in [0, 0.1) is 5.92 Å². The van der Waals surface area contributed by atoms with Crippen LogP contribution in [0.25, 0.3) is 10.9 Å². The average molecular weight is 476 g/mol. The number of halogens is 1. The number of carbonyl (C=O) groups is 1. The lowest BCUT2D eigenvalue weighted by Gasteiger charge is -2.37. The lowest BCUT2D eigenvalue weighted by molar-refractivity contribution is -0.145. The zero-order valence-electron chi connectivity index (χ0n) is 18.3. The van der Waals surface area contributed by atoms with Crippen molar-refractivity contribution in [3.05, 3.63) is 64.8 Å². The van der Waals surface area contributed by atoms with E-state index in [9.17, 15) is 13.2 Å². The third kappa shape index (κ3) is 3.43. The Morgan fingerprint density at radius 3 is 2.56 bits per heavy atom. The summed E-state index contributed by atoms with van der Waals surface area (Å²) >= 11 is 6.26. The first kappa shape index (κ1) is 22.8. The van der Waals surface area contributed by atoms with Gasteiger partial charge in [0.25, 0.3) is 0 Å². The number of ether oxygens (including phenoxy) is 2. The van der Waals surface area contributed by atoms with Crippen LogP contribution in [-0.4, -0.2) is 37.9 Å². The number of benzene rings is 2. The van der Waals surface area contributed by atoms with E-state index in [1.807, 2.05) is 22.8 Å². The minimum atomic E-state index is -4.01. The minimum Gasteiger partial charge on any atom is -0.468 e. The number of nitrogens with zero attached hydrogens (tertiary/aromatic N) is 1. The van der Waals surface area contributed by atoms with Crippen molar-refractivity contribution >= 4 is 38.3 Å². The number of esters is 1. The molecule has 1 aromatic heterocycles. The number of fused-ring (bicyclic) bond motifs is 3. The normalized spacial score (nSPS) is 18.2. The van der Waals surface area contributed by atoms with Crippen molar-refractivity contribution in [3.63, 3.8) is 0 Å². The van der Waals surface area contributed by atoms with Gasteiger partial charge in [-0.2, -0.15) is 0 Å². The van der Waals surface area contributed by atoms with Crippen LogP contribution in [0.15, 0.2) is 53.4 Å². The number of methoxy groups -OCH3 is 2. The van der Waals surface area contributed by atoms with Crippen molar-refractivity contribution in [2.75, 3.05) is 14.2 Å². The molecule has 1 aliphatic carbocycles. The van der Waals surface area contributed by atoms with Crippen LogP contribution in [0.3, 0.4) is 0 Å². The van der Waals surface area contributed by atoms with E-state index in [1.54, 1.807) is 25.3 Å². The van der Waals surface area contributed by atoms with E-state index in [4.69, 9.17) is 21.1 Å². The summed E-state index contributed by atoms with van der Waals surface area (Å²) in [5.74, 6) is -1.21. The van der Waals surface area contributed by atoms with Crippen LogP contribution in [0.5, 0.6) is 0 Å². The highest BCUT2D eigenvalue weighted by atomic mass is 35.5. The zero-order valence-corrected chi connectivity index (χ0v) is 19.9. The molecule has 170 valence electrons. The van der Waals surface area contributed by atoms with Crippen LogP contribution in [0.4, 0.5) is 0 Å². The Bertz CT molecular complexity index is 1270. The minimum absolute atomic E-state index is 0.114. The number of hydrogen-bond donors (Lipinski definition) is 0. The lowest BCUT2D eigenvalue weighted by atomic mass is 9.79. The Hall–Kier alpha value is -2.35. The van der Waals surface area contributed by atoms with Crippen LogP contribution < -0.4 is 0 Å². The fourth-order valence-electron chi connectivity index (χ4n) is 4.91. The summed E-state index contributed by atoms with van der Waals surface area (Å²) in [4.78, 5) is 13.2. The average Bonchev–Trinajstić information content (AvgIpc) is 3.10. The van der Waals surface area contributed by atoms with E-state index < -0.39 is 26.5 Å². The molecule has 1 heterocycles. The van der Waals surface area contributed by atoms with Gasteiger partial charge < -0.3 is 14.0 Å². The molecule has 4 rings (SSSR count). The highest BCUT2D eigenvalue weighted by molar-refractivity contribution is 7.93. The number of hydrogen-bond acceptors (Lipinski definition) is 5. The molecule has 3 aromatic rings. The van der Waals surface area contributed by atoms with Gasteiger partial charge in [-0.3, -0.25) is 4.79 Å². The van der Waals surface area contributed by atoms with Crippen molar-refractivity contribution in [1.29, 1.82) is 0 Å². The second-order valence-corrected chi connectivity index (χ2v) is 11.1. The van der Waals surface area contributed by atoms with Gasteiger partial charge >= 0.3 is 5.97 Å². The van der Waals surface area contributed by atoms with E-state index in [-0.39, 0.29) is 4.90 Å². The van der Waals surface area contributed by atoms with Crippen molar-refractivity contribution < 1.29 is 22.7 Å². The number of aromatic nitrogens is 1. The smallest absolute Gasteiger partial charge is 0.327 e. The van der Waals surface area contributed by atoms with Gasteiger partial charge in [0.15, 0.2) is 14.6 Å². The van der Waals surface area contributed by atoms with Crippen molar-refractivity contribution in [1.82, 2.24) is 4.57 Å². The fourth-order valence-corrected chi connectivity index (χ4v) is 7.03. The monoisotopic (exact) mass is 475 g/mol. The molecule has 1 aliphatic rings. The number of carbonyl (C=O) groups excluding carboxylic acids is 1. The largest absolute Gasteiger partial charge is 0.468 e. The van der Waals surface area contributed by atoms with Gasteiger partial charge in [0, 0.05) is 23.2 Å².